The van der Waals surface area contributed by atoms with E-state index in [2.05, 4.69) is 41.1 Å². The quantitative estimate of drug-likeness (QED) is 0.872. The van der Waals surface area contributed by atoms with Crippen molar-refractivity contribution in [3.05, 3.63) is 35.5 Å². The normalized spacial score (nSPS) is 26.8. The van der Waals surface area contributed by atoms with Crippen LogP contribution in [-0.2, 0) is 16.0 Å². The number of hydrogen-bond donors (Lipinski definition) is 1. The summed E-state index contributed by atoms with van der Waals surface area (Å²) >= 11 is 0. The van der Waals surface area contributed by atoms with E-state index in [1.807, 2.05) is 0 Å². The molecule has 0 radical (unpaired) electrons. The van der Waals surface area contributed by atoms with E-state index in [4.69, 9.17) is 4.74 Å². The van der Waals surface area contributed by atoms with Gasteiger partial charge >= 0.3 is 5.97 Å². The maximum Gasteiger partial charge on any atom is 0.302 e. The maximum absolute atomic E-state index is 11.4. The van der Waals surface area contributed by atoms with Crippen LogP contribution in [0.1, 0.15) is 50.4 Å². The molecule has 1 aromatic carbocycles. The number of ether oxygens (including phenoxy) is 1. The van der Waals surface area contributed by atoms with Crippen LogP contribution in [0.5, 0.6) is 0 Å². The Labute approximate surface area is 143 Å². The Kier molecular flexibility index (Phi) is 3.87. The van der Waals surface area contributed by atoms with Gasteiger partial charge in [0.25, 0.3) is 0 Å². The molecule has 2 aliphatic heterocycles. The van der Waals surface area contributed by atoms with Crippen molar-refractivity contribution in [2.24, 2.45) is 5.41 Å². The number of aromatic amines is 1. The first-order valence-corrected chi connectivity index (χ1v) is 9.11. The zero-order valence-corrected chi connectivity index (χ0v) is 14.6. The van der Waals surface area contributed by atoms with Crippen molar-refractivity contribution in [2.45, 2.75) is 45.6 Å². The van der Waals surface area contributed by atoms with Crippen molar-refractivity contribution in [3.8, 4) is 0 Å². The smallest absolute Gasteiger partial charge is 0.302 e. The number of nitrogens with zero attached hydrogens (tertiary/aromatic N) is 1. The van der Waals surface area contributed by atoms with Gasteiger partial charge in [-0.15, -0.1) is 0 Å². The minimum atomic E-state index is -0.173. The standard InChI is InChI=1S/C20H26N2O2/c1-3-20(13-24-14(2)23)10-6-11-22-12-9-16-15-7-4-5-8-17(15)21-18(16)19(20)22/h4-5,7-8,19,21H,3,6,9-13H2,1-2H3. The lowest BCUT2D eigenvalue weighted by Gasteiger charge is -2.51. The van der Waals surface area contributed by atoms with Gasteiger partial charge in [0.1, 0.15) is 0 Å². The lowest BCUT2D eigenvalue weighted by molar-refractivity contribution is -0.149. The fourth-order valence-electron chi connectivity index (χ4n) is 4.86. The molecule has 24 heavy (non-hydrogen) atoms. The zero-order chi connectivity index (χ0) is 16.7. The predicted molar refractivity (Wildman–Crippen MR) is 94.9 cm³/mol. The molecule has 4 nitrogen and oxygen atoms in total. The fraction of sp³-hybridized carbons (Fsp3) is 0.550. The third-order valence-corrected chi connectivity index (χ3v) is 6.10. The zero-order valence-electron chi connectivity index (χ0n) is 14.6. The number of para-hydroxylation sites is 1. The highest BCUT2D eigenvalue weighted by Gasteiger charge is 2.48. The van der Waals surface area contributed by atoms with Crippen molar-refractivity contribution >= 4 is 16.9 Å². The van der Waals surface area contributed by atoms with Crippen LogP contribution in [0.25, 0.3) is 10.9 Å². The molecule has 2 unspecified atom stereocenters. The fourth-order valence-corrected chi connectivity index (χ4v) is 4.86. The van der Waals surface area contributed by atoms with E-state index in [0.717, 1.165) is 32.4 Å². The number of rotatable bonds is 3. The van der Waals surface area contributed by atoms with E-state index in [9.17, 15) is 4.79 Å². The third kappa shape index (κ3) is 2.35. The van der Waals surface area contributed by atoms with E-state index >= 15 is 0 Å². The number of fused-ring (bicyclic) bond motifs is 5. The van der Waals surface area contributed by atoms with E-state index < -0.39 is 0 Å². The van der Waals surface area contributed by atoms with Crippen molar-refractivity contribution in [1.82, 2.24) is 9.88 Å². The van der Waals surface area contributed by atoms with Gasteiger partial charge in [-0.3, -0.25) is 9.69 Å². The molecule has 0 saturated carbocycles. The van der Waals surface area contributed by atoms with E-state index in [0.29, 0.717) is 12.6 Å². The van der Waals surface area contributed by atoms with E-state index in [1.165, 1.54) is 35.5 Å². The molecule has 4 heteroatoms. The molecule has 2 aromatic rings. The molecule has 0 aliphatic carbocycles. The van der Waals surface area contributed by atoms with Crippen LogP contribution in [0.2, 0.25) is 0 Å². The summed E-state index contributed by atoms with van der Waals surface area (Å²) in [5.41, 5.74) is 4.07. The molecule has 0 spiro atoms. The van der Waals surface area contributed by atoms with Gasteiger partial charge in [-0.05, 0) is 43.9 Å². The number of piperidine rings is 1. The van der Waals surface area contributed by atoms with Gasteiger partial charge < -0.3 is 9.72 Å². The molecular weight excluding hydrogens is 300 g/mol. The third-order valence-electron chi connectivity index (χ3n) is 6.10. The predicted octanol–water partition coefficient (Wildman–Crippen LogP) is 3.82. The van der Waals surface area contributed by atoms with Crippen molar-refractivity contribution < 1.29 is 9.53 Å². The molecular formula is C20H26N2O2. The number of nitrogens with one attached hydrogen (secondary N) is 1. The lowest BCUT2D eigenvalue weighted by atomic mass is 9.68. The summed E-state index contributed by atoms with van der Waals surface area (Å²) in [5.74, 6) is -0.173. The molecule has 128 valence electrons. The molecule has 0 amide bonds. The van der Waals surface area contributed by atoms with Crippen LogP contribution in [0.4, 0.5) is 0 Å². The number of H-pyrrole nitrogens is 1. The van der Waals surface area contributed by atoms with Crippen molar-refractivity contribution in [2.75, 3.05) is 19.7 Å². The number of aromatic nitrogens is 1. The van der Waals surface area contributed by atoms with Crippen LogP contribution in [0, 0.1) is 5.41 Å². The molecule has 1 aromatic heterocycles. The lowest BCUT2D eigenvalue weighted by Crippen LogP contribution is -2.51. The first kappa shape index (κ1) is 15.7. The maximum atomic E-state index is 11.4. The summed E-state index contributed by atoms with van der Waals surface area (Å²) in [6.07, 6.45) is 4.42. The molecule has 1 saturated heterocycles. The Bertz CT molecular complexity index is 766. The highest BCUT2D eigenvalue weighted by Crippen LogP contribution is 2.51. The van der Waals surface area contributed by atoms with Crippen LogP contribution >= 0.6 is 0 Å². The number of esters is 1. The first-order chi connectivity index (χ1) is 11.6. The van der Waals surface area contributed by atoms with E-state index in [1.54, 1.807) is 0 Å². The monoisotopic (exact) mass is 326 g/mol. The number of benzene rings is 1. The Balaban J connectivity index is 1.81. The molecule has 1 fully saturated rings. The molecule has 3 heterocycles. The summed E-state index contributed by atoms with van der Waals surface area (Å²) in [4.78, 5) is 17.8. The van der Waals surface area contributed by atoms with Gasteiger partial charge in [0.05, 0.1) is 12.6 Å². The van der Waals surface area contributed by atoms with Crippen LogP contribution in [0.3, 0.4) is 0 Å². The Morgan fingerprint density at radius 1 is 1.38 bits per heavy atom. The second kappa shape index (κ2) is 5.92. The van der Waals surface area contributed by atoms with Crippen LogP contribution < -0.4 is 0 Å². The molecule has 4 rings (SSSR count). The second-order valence-electron chi connectivity index (χ2n) is 7.35. The second-order valence-corrected chi connectivity index (χ2v) is 7.35. The number of hydrogen-bond acceptors (Lipinski definition) is 3. The summed E-state index contributed by atoms with van der Waals surface area (Å²) in [6, 6.07) is 8.93. The highest BCUT2D eigenvalue weighted by molar-refractivity contribution is 5.85. The van der Waals surface area contributed by atoms with Gasteiger partial charge in [0.15, 0.2) is 0 Å². The Hall–Kier alpha value is -1.81. The topological polar surface area (TPSA) is 45.3 Å². The van der Waals surface area contributed by atoms with Gasteiger partial charge in [-0.1, -0.05) is 25.1 Å². The summed E-state index contributed by atoms with van der Waals surface area (Å²) < 4.78 is 5.53. The Morgan fingerprint density at radius 2 is 2.21 bits per heavy atom. The van der Waals surface area contributed by atoms with Gasteiger partial charge in [0.2, 0.25) is 0 Å². The van der Waals surface area contributed by atoms with Crippen molar-refractivity contribution in [1.29, 1.82) is 0 Å². The van der Waals surface area contributed by atoms with Gasteiger partial charge in [-0.2, -0.15) is 0 Å². The average molecular weight is 326 g/mol. The number of carbonyl (C=O) groups excluding carboxylic acids is 1. The van der Waals surface area contributed by atoms with Crippen molar-refractivity contribution in [3.63, 3.8) is 0 Å². The first-order valence-electron chi connectivity index (χ1n) is 9.11. The average Bonchev–Trinajstić information content (AvgIpc) is 2.98. The molecule has 0 bridgehead atoms. The van der Waals surface area contributed by atoms with Gasteiger partial charge in [-0.25, -0.2) is 0 Å². The minimum absolute atomic E-state index is 0.0139. The molecule has 2 atom stereocenters. The number of carbonyl (C=O) groups is 1. The summed E-state index contributed by atoms with van der Waals surface area (Å²) in [7, 11) is 0. The highest BCUT2D eigenvalue weighted by atomic mass is 16.5. The van der Waals surface area contributed by atoms with Crippen LogP contribution in [-0.4, -0.2) is 35.5 Å². The molecule has 2 aliphatic rings. The largest absolute Gasteiger partial charge is 0.465 e. The minimum Gasteiger partial charge on any atom is -0.465 e. The SMILES string of the molecule is CCC1(COC(C)=O)CCCN2CCc3c([nH]c4ccccc34)C21. The van der Waals surface area contributed by atoms with Crippen LogP contribution in [0.15, 0.2) is 24.3 Å². The van der Waals surface area contributed by atoms with E-state index in [-0.39, 0.29) is 11.4 Å². The summed E-state index contributed by atoms with van der Waals surface area (Å²) in [5, 5.41) is 1.36. The summed E-state index contributed by atoms with van der Waals surface area (Å²) in [6.45, 7) is 6.51. The molecule has 1 N–H and O–H groups in total. The Morgan fingerprint density at radius 3 is 3.00 bits per heavy atom. The van der Waals surface area contributed by atoms with Gasteiger partial charge in [0, 0.05) is 35.5 Å².